The lowest BCUT2D eigenvalue weighted by molar-refractivity contribution is 0.102. The first-order valence-corrected chi connectivity index (χ1v) is 6.08. The summed E-state index contributed by atoms with van der Waals surface area (Å²) in [4.78, 5) is 15.4. The van der Waals surface area contributed by atoms with Crippen molar-refractivity contribution in [2.75, 3.05) is 5.32 Å². The Morgan fingerprint density at radius 2 is 2.20 bits per heavy atom. The van der Waals surface area contributed by atoms with Crippen LogP contribution in [0.15, 0.2) is 36.7 Å². The van der Waals surface area contributed by atoms with Gasteiger partial charge < -0.3 is 5.32 Å². The number of nitrogens with one attached hydrogen (secondary N) is 2. The second-order valence-corrected chi connectivity index (χ2v) is 4.43. The summed E-state index contributed by atoms with van der Waals surface area (Å²) in [6.45, 7) is 0. The normalized spacial score (nSPS) is 10.7. The molecule has 0 unspecified atom stereocenters. The van der Waals surface area contributed by atoms with Gasteiger partial charge in [0, 0.05) is 11.6 Å². The average molecular weight is 291 g/mol. The van der Waals surface area contributed by atoms with E-state index in [2.05, 4.69) is 20.5 Å². The van der Waals surface area contributed by atoms with E-state index in [1.807, 2.05) is 0 Å². The van der Waals surface area contributed by atoms with E-state index in [1.54, 1.807) is 18.3 Å². The number of H-pyrrole nitrogens is 1. The molecule has 1 amide bonds. The van der Waals surface area contributed by atoms with Crippen LogP contribution < -0.4 is 5.32 Å². The number of halogens is 2. The van der Waals surface area contributed by atoms with Gasteiger partial charge in [-0.1, -0.05) is 11.6 Å². The third-order valence-electron chi connectivity index (χ3n) is 2.81. The summed E-state index contributed by atoms with van der Waals surface area (Å²) < 4.78 is 13.4. The lowest BCUT2D eigenvalue weighted by atomic mass is 10.2. The first-order valence-electron chi connectivity index (χ1n) is 5.70. The van der Waals surface area contributed by atoms with E-state index in [-0.39, 0.29) is 5.56 Å². The average Bonchev–Trinajstić information content (AvgIpc) is 2.91. The monoisotopic (exact) mass is 290 g/mol. The SMILES string of the molecule is O=C(Nc1ccc2[nH]ncc2c1Cl)c1cccnc1F. The maximum Gasteiger partial charge on any atom is 0.260 e. The second kappa shape index (κ2) is 4.90. The van der Waals surface area contributed by atoms with Gasteiger partial charge in [-0.25, -0.2) is 4.98 Å². The van der Waals surface area contributed by atoms with Crippen molar-refractivity contribution in [2.45, 2.75) is 0 Å². The third-order valence-corrected chi connectivity index (χ3v) is 3.22. The van der Waals surface area contributed by atoms with Crippen LogP contribution in [0.2, 0.25) is 5.02 Å². The molecule has 3 rings (SSSR count). The summed E-state index contributed by atoms with van der Waals surface area (Å²) in [5, 5.41) is 10.2. The quantitative estimate of drug-likeness (QED) is 0.713. The summed E-state index contributed by atoms with van der Waals surface area (Å²) in [7, 11) is 0. The van der Waals surface area contributed by atoms with E-state index < -0.39 is 11.9 Å². The standard InChI is InChI=1S/C13H8ClFN4O/c14-11-8-6-17-19-9(8)3-4-10(11)18-13(20)7-2-1-5-16-12(7)15/h1-6H,(H,17,19)(H,18,20). The summed E-state index contributed by atoms with van der Waals surface area (Å²) in [5.74, 6) is -1.44. The van der Waals surface area contributed by atoms with Gasteiger partial charge in [0.15, 0.2) is 0 Å². The number of carbonyl (C=O) groups excluding carboxylic acids is 1. The number of pyridine rings is 1. The van der Waals surface area contributed by atoms with Gasteiger partial charge in [0.2, 0.25) is 5.95 Å². The van der Waals surface area contributed by atoms with Crippen molar-refractivity contribution in [3.63, 3.8) is 0 Å². The van der Waals surface area contributed by atoms with Gasteiger partial charge in [0.1, 0.15) is 0 Å². The van der Waals surface area contributed by atoms with E-state index in [9.17, 15) is 9.18 Å². The Hall–Kier alpha value is -2.47. The van der Waals surface area contributed by atoms with Crippen molar-refractivity contribution in [3.8, 4) is 0 Å². The molecule has 5 nitrogen and oxygen atoms in total. The topological polar surface area (TPSA) is 70.7 Å². The molecule has 2 aromatic heterocycles. The van der Waals surface area contributed by atoms with Crippen LogP contribution in [0.5, 0.6) is 0 Å². The number of carbonyl (C=O) groups is 1. The highest BCUT2D eigenvalue weighted by Gasteiger charge is 2.15. The molecule has 2 heterocycles. The predicted octanol–water partition coefficient (Wildman–Crippen LogP) is 3.00. The minimum atomic E-state index is -0.828. The van der Waals surface area contributed by atoms with Gasteiger partial charge in [-0.05, 0) is 24.3 Å². The van der Waals surface area contributed by atoms with Crippen molar-refractivity contribution in [3.05, 3.63) is 53.2 Å². The zero-order chi connectivity index (χ0) is 14.1. The molecule has 1 aromatic carbocycles. The highest BCUT2D eigenvalue weighted by molar-refractivity contribution is 6.38. The molecule has 20 heavy (non-hydrogen) atoms. The Balaban J connectivity index is 1.95. The minimum absolute atomic E-state index is 0.143. The highest BCUT2D eigenvalue weighted by atomic mass is 35.5. The molecule has 2 N–H and O–H groups in total. The van der Waals surface area contributed by atoms with Crippen molar-refractivity contribution in [2.24, 2.45) is 0 Å². The molecule has 0 bridgehead atoms. The number of fused-ring (bicyclic) bond motifs is 1. The van der Waals surface area contributed by atoms with Gasteiger partial charge in [0.25, 0.3) is 5.91 Å². The Morgan fingerprint density at radius 3 is 3.00 bits per heavy atom. The number of benzene rings is 1. The fraction of sp³-hybridized carbons (Fsp3) is 0. The number of hydrogen-bond donors (Lipinski definition) is 2. The molecule has 7 heteroatoms. The maximum atomic E-state index is 13.4. The van der Waals surface area contributed by atoms with Crippen molar-refractivity contribution in [1.29, 1.82) is 0 Å². The molecule has 0 saturated heterocycles. The molecule has 100 valence electrons. The maximum absolute atomic E-state index is 13.4. The predicted molar refractivity (Wildman–Crippen MR) is 73.3 cm³/mol. The number of anilines is 1. The fourth-order valence-electron chi connectivity index (χ4n) is 1.82. The zero-order valence-electron chi connectivity index (χ0n) is 10.0. The van der Waals surface area contributed by atoms with Crippen LogP contribution in [0, 0.1) is 5.95 Å². The van der Waals surface area contributed by atoms with Gasteiger partial charge in [0.05, 0.1) is 28.0 Å². The summed E-state index contributed by atoms with van der Waals surface area (Å²) >= 11 is 6.17. The van der Waals surface area contributed by atoms with Crippen LogP contribution in [0.25, 0.3) is 10.9 Å². The lowest BCUT2D eigenvalue weighted by Crippen LogP contribution is -2.14. The third kappa shape index (κ3) is 2.10. The van der Waals surface area contributed by atoms with Gasteiger partial charge in [-0.15, -0.1) is 0 Å². The van der Waals surface area contributed by atoms with Crippen molar-refractivity contribution in [1.82, 2.24) is 15.2 Å². The summed E-state index contributed by atoms with van der Waals surface area (Å²) in [5.41, 5.74) is 0.991. The highest BCUT2D eigenvalue weighted by Crippen LogP contribution is 2.30. The molecule has 0 atom stereocenters. The molecular formula is C13H8ClFN4O. The first-order chi connectivity index (χ1) is 9.66. The molecule has 3 aromatic rings. The van der Waals surface area contributed by atoms with Crippen molar-refractivity contribution >= 4 is 34.1 Å². The molecule has 0 spiro atoms. The second-order valence-electron chi connectivity index (χ2n) is 4.05. The van der Waals surface area contributed by atoms with Crippen LogP contribution in [0.1, 0.15) is 10.4 Å². The molecule has 0 fully saturated rings. The number of aromatic amines is 1. The Kier molecular flexibility index (Phi) is 3.08. The summed E-state index contributed by atoms with van der Waals surface area (Å²) in [6, 6.07) is 6.18. The number of aromatic nitrogens is 3. The number of rotatable bonds is 2. The van der Waals surface area contributed by atoms with E-state index in [0.717, 1.165) is 5.52 Å². The number of amides is 1. The van der Waals surface area contributed by atoms with E-state index in [1.165, 1.54) is 18.3 Å². The Morgan fingerprint density at radius 1 is 1.35 bits per heavy atom. The van der Waals surface area contributed by atoms with Crippen LogP contribution in [0.4, 0.5) is 10.1 Å². The molecule has 0 aliphatic carbocycles. The lowest BCUT2D eigenvalue weighted by Gasteiger charge is -2.08. The molecule has 0 saturated carbocycles. The first kappa shape index (κ1) is 12.6. The van der Waals surface area contributed by atoms with Crippen molar-refractivity contribution < 1.29 is 9.18 Å². The van der Waals surface area contributed by atoms with Gasteiger partial charge in [-0.3, -0.25) is 9.89 Å². The number of nitrogens with zero attached hydrogens (tertiary/aromatic N) is 2. The molecule has 0 aliphatic rings. The fourth-order valence-corrected chi connectivity index (χ4v) is 2.09. The van der Waals surface area contributed by atoms with E-state index >= 15 is 0 Å². The largest absolute Gasteiger partial charge is 0.320 e. The van der Waals surface area contributed by atoms with E-state index in [0.29, 0.717) is 16.1 Å². The molecule has 0 aliphatic heterocycles. The Bertz CT molecular complexity index is 802. The van der Waals surface area contributed by atoms with Crippen LogP contribution in [0.3, 0.4) is 0 Å². The smallest absolute Gasteiger partial charge is 0.260 e. The van der Waals surface area contributed by atoms with Crippen LogP contribution in [-0.2, 0) is 0 Å². The number of hydrogen-bond acceptors (Lipinski definition) is 3. The Labute approximate surface area is 117 Å². The molecular weight excluding hydrogens is 283 g/mol. The van der Waals surface area contributed by atoms with Gasteiger partial charge >= 0.3 is 0 Å². The van der Waals surface area contributed by atoms with E-state index in [4.69, 9.17) is 11.6 Å². The minimum Gasteiger partial charge on any atom is -0.320 e. The molecule has 0 radical (unpaired) electrons. The van der Waals surface area contributed by atoms with Gasteiger partial charge in [-0.2, -0.15) is 9.49 Å². The van der Waals surface area contributed by atoms with Crippen LogP contribution >= 0.6 is 11.6 Å². The van der Waals surface area contributed by atoms with Crippen LogP contribution in [-0.4, -0.2) is 21.1 Å². The zero-order valence-corrected chi connectivity index (χ0v) is 10.8. The summed E-state index contributed by atoms with van der Waals surface area (Å²) in [6.07, 6.45) is 2.83.